The van der Waals surface area contributed by atoms with Crippen molar-refractivity contribution < 1.29 is 4.79 Å². The molecule has 1 heterocycles. The van der Waals surface area contributed by atoms with Gasteiger partial charge in [0.05, 0.1) is 27.2 Å². The molecule has 0 aliphatic carbocycles. The van der Waals surface area contributed by atoms with Crippen molar-refractivity contribution in [2.75, 3.05) is 11.1 Å². The van der Waals surface area contributed by atoms with Crippen molar-refractivity contribution in [3.8, 4) is 5.69 Å². The minimum absolute atomic E-state index is 0.0918. The molecule has 0 spiro atoms. The van der Waals surface area contributed by atoms with Crippen LogP contribution in [0.4, 0.5) is 5.69 Å². The minimum atomic E-state index is -0.290. The van der Waals surface area contributed by atoms with Gasteiger partial charge >= 0.3 is 0 Å². The lowest BCUT2D eigenvalue weighted by Gasteiger charge is -2.10. The topological polar surface area (TPSA) is 59.8 Å². The quantitative estimate of drug-likeness (QED) is 0.516. The number of nitrogens with one attached hydrogen (secondary N) is 1. The van der Waals surface area contributed by atoms with E-state index in [9.17, 15) is 4.79 Å². The zero-order valence-corrected chi connectivity index (χ0v) is 16.8. The number of benzene rings is 2. The van der Waals surface area contributed by atoms with Crippen molar-refractivity contribution in [3.05, 3.63) is 62.8 Å². The van der Waals surface area contributed by atoms with Crippen LogP contribution in [0.1, 0.15) is 0 Å². The Morgan fingerprint density at radius 1 is 1.08 bits per heavy atom. The second-order valence-corrected chi connectivity index (χ2v) is 7.67. The number of carbonyl (C=O) groups is 1. The van der Waals surface area contributed by atoms with E-state index >= 15 is 0 Å². The van der Waals surface area contributed by atoms with Crippen molar-refractivity contribution in [3.63, 3.8) is 0 Å². The highest BCUT2D eigenvalue weighted by Crippen LogP contribution is 2.34. The lowest BCUT2D eigenvalue weighted by molar-refractivity contribution is -0.113. The predicted molar refractivity (Wildman–Crippen MR) is 107 cm³/mol. The second kappa shape index (κ2) is 8.50. The normalized spacial score (nSPS) is 10.8. The highest BCUT2D eigenvalue weighted by atomic mass is 35.5. The van der Waals surface area contributed by atoms with E-state index in [1.807, 2.05) is 12.1 Å². The van der Waals surface area contributed by atoms with Gasteiger partial charge in [-0.2, -0.15) is 0 Å². The van der Waals surface area contributed by atoms with E-state index < -0.39 is 0 Å². The summed E-state index contributed by atoms with van der Waals surface area (Å²) in [5, 5.41) is 12.7. The van der Waals surface area contributed by atoms with Gasteiger partial charge in [0.15, 0.2) is 5.16 Å². The zero-order chi connectivity index (χ0) is 18.7. The molecule has 0 bridgehead atoms. The number of aromatic nitrogens is 3. The fraction of sp³-hybridized carbons (Fsp3) is 0.0625. The maximum absolute atomic E-state index is 12.2. The van der Waals surface area contributed by atoms with E-state index in [0.717, 1.165) is 5.69 Å². The molecule has 0 unspecified atom stereocenters. The smallest absolute Gasteiger partial charge is 0.234 e. The number of halogens is 4. The summed E-state index contributed by atoms with van der Waals surface area (Å²) < 4.78 is 1.74. The first kappa shape index (κ1) is 19.3. The summed E-state index contributed by atoms with van der Waals surface area (Å²) in [7, 11) is 0. The highest BCUT2D eigenvalue weighted by molar-refractivity contribution is 7.99. The number of amides is 1. The number of nitrogens with zero attached hydrogens (tertiary/aromatic N) is 3. The number of hydrogen-bond acceptors (Lipinski definition) is 4. The third-order valence-electron chi connectivity index (χ3n) is 3.21. The monoisotopic (exact) mass is 446 g/mol. The van der Waals surface area contributed by atoms with Gasteiger partial charge in [0.2, 0.25) is 5.91 Å². The number of anilines is 1. The summed E-state index contributed by atoms with van der Waals surface area (Å²) >= 11 is 25.2. The Balaban J connectivity index is 1.69. The molecule has 1 aromatic heterocycles. The van der Waals surface area contributed by atoms with E-state index in [1.165, 1.54) is 23.9 Å². The molecule has 0 aliphatic heterocycles. The Morgan fingerprint density at radius 2 is 1.81 bits per heavy atom. The molecule has 3 rings (SSSR count). The molecule has 0 saturated carbocycles. The summed E-state index contributed by atoms with van der Waals surface area (Å²) in [6.07, 6.45) is 1.55. The Kier molecular flexibility index (Phi) is 6.32. The molecule has 10 heteroatoms. The first-order valence-corrected chi connectivity index (χ1v) is 9.67. The molecule has 0 saturated heterocycles. The molecule has 5 nitrogen and oxygen atoms in total. The van der Waals surface area contributed by atoms with E-state index in [4.69, 9.17) is 46.4 Å². The molecule has 0 radical (unpaired) electrons. The van der Waals surface area contributed by atoms with E-state index in [1.54, 1.807) is 23.0 Å². The highest BCUT2D eigenvalue weighted by Gasteiger charge is 2.14. The fourth-order valence-electron chi connectivity index (χ4n) is 2.09. The molecule has 0 atom stereocenters. The van der Waals surface area contributed by atoms with Crippen LogP contribution in [0.2, 0.25) is 20.1 Å². The average molecular weight is 448 g/mol. The molecule has 1 amide bonds. The molecule has 3 aromatic rings. The lowest BCUT2D eigenvalue weighted by Crippen LogP contribution is -2.15. The Hall–Kier alpha value is -1.44. The molecule has 1 N–H and O–H groups in total. The largest absolute Gasteiger partial charge is 0.323 e. The summed E-state index contributed by atoms with van der Waals surface area (Å²) in [4.78, 5) is 12.2. The van der Waals surface area contributed by atoms with Crippen molar-refractivity contribution in [2.45, 2.75) is 5.16 Å². The summed E-state index contributed by atoms with van der Waals surface area (Å²) in [5.74, 6) is -0.198. The maximum atomic E-state index is 12.2. The van der Waals surface area contributed by atoms with Gasteiger partial charge in [-0.15, -0.1) is 10.2 Å². The summed E-state index contributed by atoms with van der Waals surface area (Å²) in [5.41, 5.74) is 1.12. The number of carbonyl (C=O) groups excluding carboxylic acids is 1. The Morgan fingerprint density at radius 3 is 2.50 bits per heavy atom. The van der Waals surface area contributed by atoms with E-state index in [2.05, 4.69) is 15.5 Å². The standard InChI is InChI=1S/C16H10Cl4N4OS/c17-9-2-1-3-11(4-9)24-8-21-23-16(24)26-7-14(25)22-15-12(19)5-10(18)6-13(15)20/h1-6,8H,7H2,(H,22,25). The lowest BCUT2D eigenvalue weighted by atomic mass is 10.3. The van der Waals surface area contributed by atoms with Crippen LogP contribution >= 0.6 is 58.2 Å². The molecule has 134 valence electrons. The number of thioether (sulfide) groups is 1. The van der Waals surface area contributed by atoms with Crippen LogP contribution in [0.5, 0.6) is 0 Å². The van der Waals surface area contributed by atoms with Gasteiger partial charge in [-0.1, -0.05) is 64.2 Å². The van der Waals surface area contributed by atoms with Crippen LogP contribution in [0.15, 0.2) is 47.9 Å². The summed E-state index contributed by atoms with van der Waals surface area (Å²) in [6.45, 7) is 0. The average Bonchev–Trinajstić information content (AvgIpc) is 3.05. The zero-order valence-electron chi connectivity index (χ0n) is 12.9. The van der Waals surface area contributed by atoms with Crippen LogP contribution in [0.3, 0.4) is 0 Å². The van der Waals surface area contributed by atoms with Crippen molar-refractivity contribution in [2.24, 2.45) is 0 Å². The second-order valence-electron chi connectivity index (χ2n) is 5.04. The molecule has 2 aromatic carbocycles. The Bertz CT molecular complexity index is 940. The molecule has 26 heavy (non-hydrogen) atoms. The summed E-state index contributed by atoms with van der Waals surface area (Å²) in [6, 6.07) is 10.3. The van der Waals surface area contributed by atoms with E-state index in [-0.39, 0.29) is 21.7 Å². The maximum Gasteiger partial charge on any atom is 0.234 e. The van der Waals surface area contributed by atoms with Crippen molar-refractivity contribution in [1.29, 1.82) is 0 Å². The fourth-order valence-corrected chi connectivity index (χ4v) is 3.92. The molecule has 0 fully saturated rings. The van der Waals surface area contributed by atoms with Gasteiger partial charge in [-0.3, -0.25) is 9.36 Å². The SMILES string of the molecule is O=C(CSc1nncn1-c1cccc(Cl)c1)Nc1c(Cl)cc(Cl)cc1Cl. The minimum Gasteiger partial charge on any atom is -0.323 e. The molecule has 0 aliphatic rings. The van der Waals surface area contributed by atoms with Crippen LogP contribution in [-0.4, -0.2) is 26.4 Å². The first-order valence-electron chi connectivity index (χ1n) is 7.17. The van der Waals surface area contributed by atoms with Crippen molar-refractivity contribution in [1.82, 2.24) is 14.8 Å². The van der Waals surface area contributed by atoms with Gasteiger partial charge in [-0.05, 0) is 30.3 Å². The third-order valence-corrected chi connectivity index (χ3v) is 5.20. The van der Waals surface area contributed by atoms with E-state index in [0.29, 0.717) is 20.9 Å². The third kappa shape index (κ3) is 4.64. The van der Waals surface area contributed by atoms with Crippen LogP contribution in [0, 0.1) is 0 Å². The first-order chi connectivity index (χ1) is 12.4. The molecular weight excluding hydrogens is 438 g/mol. The number of rotatable bonds is 5. The van der Waals surface area contributed by atoms with Gasteiger partial charge in [0, 0.05) is 10.0 Å². The predicted octanol–water partition coefficient (Wildman–Crippen LogP) is 5.61. The van der Waals surface area contributed by atoms with Gasteiger partial charge < -0.3 is 5.32 Å². The number of hydrogen-bond donors (Lipinski definition) is 1. The Labute approximate surface area is 173 Å². The van der Waals surface area contributed by atoms with Gasteiger partial charge in [0.1, 0.15) is 6.33 Å². The van der Waals surface area contributed by atoms with Crippen LogP contribution < -0.4 is 5.32 Å². The van der Waals surface area contributed by atoms with Crippen molar-refractivity contribution >= 4 is 69.8 Å². The molecular formula is C16H10Cl4N4OS. The van der Waals surface area contributed by atoms with Gasteiger partial charge in [-0.25, -0.2) is 0 Å². The van der Waals surface area contributed by atoms with Crippen LogP contribution in [-0.2, 0) is 4.79 Å². The van der Waals surface area contributed by atoms with Gasteiger partial charge in [0.25, 0.3) is 0 Å². The van der Waals surface area contributed by atoms with Crippen LogP contribution in [0.25, 0.3) is 5.69 Å².